The van der Waals surface area contributed by atoms with Crippen LogP contribution >= 0.6 is 11.6 Å². The van der Waals surface area contributed by atoms with E-state index in [4.69, 9.17) is 11.6 Å². The van der Waals surface area contributed by atoms with Crippen LogP contribution in [-0.4, -0.2) is 27.3 Å². The van der Waals surface area contributed by atoms with Crippen LogP contribution in [0.25, 0.3) is 10.9 Å². The van der Waals surface area contributed by atoms with Gasteiger partial charge in [0.25, 0.3) is 5.56 Å². The van der Waals surface area contributed by atoms with Crippen LogP contribution in [0.2, 0.25) is 5.02 Å². The molecule has 0 saturated carbocycles. The standard InChI is InChI=1S/C18H24ClN3O2/c1-3-5-6-7-17(23)22(10-4-2)12-16-20-15-11-13(19)8-9-14(15)18(24)21-16/h8-9,11H,3-7,10,12H2,1-2H3,(H,20,21,24). The number of halogens is 1. The van der Waals surface area contributed by atoms with Crippen LogP contribution in [0.3, 0.4) is 0 Å². The lowest BCUT2D eigenvalue weighted by molar-refractivity contribution is -0.132. The van der Waals surface area contributed by atoms with Gasteiger partial charge in [0.2, 0.25) is 5.91 Å². The van der Waals surface area contributed by atoms with Gasteiger partial charge in [-0.1, -0.05) is 38.3 Å². The number of hydrogen-bond donors (Lipinski definition) is 1. The molecule has 0 aliphatic carbocycles. The molecule has 2 aromatic rings. The van der Waals surface area contributed by atoms with E-state index in [-0.39, 0.29) is 11.5 Å². The Labute approximate surface area is 147 Å². The summed E-state index contributed by atoms with van der Waals surface area (Å²) in [5.74, 6) is 0.603. The maximum atomic E-state index is 12.4. The van der Waals surface area contributed by atoms with E-state index in [1.165, 1.54) is 0 Å². The van der Waals surface area contributed by atoms with E-state index in [9.17, 15) is 9.59 Å². The molecule has 0 spiro atoms. The summed E-state index contributed by atoms with van der Waals surface area (Å²) in [6.07, 6.45) is 4.43. The van der Waals surface area contributed by atoms with Crippen molar-refractivity contribution in [3.63, 3.8) is 0 Å². The topological polar surface area (TPSA) is 66.1 Å². The molecule has 1 N–H and O–H groups in total. The van der Waals surface area contributed by atoms with Gasteiger partial charge in [-0.15, -0.1) is 0 Å². The number of aromatic nitrogens is 2. The summed E-state index contributed by atoms with van der Waals surface area (Å²) in [7, 11) is 0. The van der Waals surface area contributed by atoms with Crippen molar-refractivity contribution in [2.45, 2.75) is 52.5 Å². The quantitative estimate of drug-likeness (QED) is 0.735. The summed E-state index contributed by atoms with van der Waals surface area (Å²) in [4.78, 5) is 33.6. The van der Waals surface area contributed by atoms with Gasteiger partial charge in [0.1, 0.15) is 5.82 Å². The number of carbonyl (C=O) groups is 1. The van der Waals surface area contributed by atoms with E-state index in [1.54, 1.807) is 23.1 Å². The van der Waals surface area contributed by atoms with Gasteiger partial charge < -0.3 is 9.88 Å². The molecule has 0 aliphatic rings. The molecule has 0 saturated heterocycles. The van der Waals surface area contributed by atoms with Gasteiger partial charge in [0, 0.05) is 18.0 Å². The van der Waals surface area contributed by atoms with Crippen LogP contribution < -0.4 is 5.56 Å². The maximum absolute atomic E-state index is 12.4. The first kappa shape index (κ1) is 18.5. The minimum atomic E-state index is -0.207. The second kappa shape index (κ2) is 8.83. The van der Waals surface area contributed by atoms with Gasteiger partial charge in [-0.25, -0.2) is 4.98 Å². The first-order chi connectivity index (χ1) is 11.5. The Bertz CT molecular complexity index is 758. The number of unbranched alkanes of at least 4 members (excludes halogenated alkanes) is 2. The van der Waals surface area contributed by atoms with Crippen molar-refractivity contribution in [1.29, 1.82) is 0 Å². The molecule has 0 fully saturated rings. The molecule has 130 valence electrons. The van der Waals surface area contributed by atoms with Crippen molar-refractivity contribution < 1.29 is 4.79 Å². The van der Waals surface area contributed by atoms with E-state index >= 15 is 0 Å². The number of H-pyrrole nitrogens is 1. The zero-order chi connectivity index (χ0) is 17.5. The first-order valence-electron chi connectivity index (χ1n) is 8.51. The summed E-state index contributed by atoms with van der Waals surface area (Å²) in [6, 6.07) is 5.00. The van der Waals surface area contributed by atoms with E-state index in [0.717, 1.165) is 25.7 Å². The molecule has 24 heavy (non-hydrogen) atoms. The summed E-state index contributed by atoms with van der Waals surface area (Å²) in [5, 5.41) is 1.03. The number of aromatic amines is 1. The van der Waals surface area contributed by atoms with Crippen LogP contribution in [0.5, 0.6) is 0 Å². The third-order valence-electron chi connectivity index (χ3n) is 3.90. The van der Waals surface area contributed by atoms with Gasteiger partial charge >= 0.3 is 0 Å². The number of fused-ring (bicyclic) bond motifs is 1. The van der Waals surface area contributed by atoms with Crippen LogP contribution in [0.4, 0.5) is 0 Å². The smallest absolute Gasteiger partial charge is 0.258 e. The van der Waals surface area contributed by atoms with Gasteiger partial charge in [0.15, 0.2) is 0 Å². The summed E-state index contributed by atoms with van der Waals surface area (Å²) in [6.45, 7) is 5.12. The molecule has 0 atom stereocenters. The van der Waals surface area contributed by atoms with Crippen LogP contribution in [-0.2, 0) is 11.3 Å². The third-order valence-corrected chi connectivity index (χ3v) is 4.13. The normalized spacial score (nSPS) is 11.0. The predicted molar refractivity (Wildman–Crippen MR) is 97.2 cm³/mol. The highest BCUT2D eigenvalue weighted by Crippen LogP contribution is 2.15. The molecule has 1 aromatic heterocycles. The highest BCUT2D eigenvalue weighted by molar-refractivity contribution is 6.31. The van der Waals surface area contributed by atoms with Crippen molar-refractivity contribution in [3.8, 4) is 0 Å². The number of nitrogens with zero attached hydrogens (tertiary/aromatic N) is 2. The minimum Gasteiger partial charge on any atom is -0.335 e. The summed E-state index contributed by atoms with van der Waals surface area (Å²) in [5.41, 5.74) is 0.345. The Hall–Kier alpha value is -1.88. The van der Waals surface area contributed by atoms with Gasteiger partial charge in [-0.2, -0.15) is 0 Å². The number of carbonyl (C=O) groups excluding carboxylic acids is 1. The largest absolute Gasteiger partial charge is 0.335 e. The molecule has 0 unspecified atom stereocenters. The van der Waals surface area contributed by atoms with Crippen molar-refractivity contribution in [2.24, 2.45) is 0 Å². The first-order valence-corrected chi connectivity index (χ1v) is 8.89. The Morgan fingerprint density at radius 3 is 2.75 bits per heavy atom. The van der Waals surface area contributed by atoms with Crippen molar-refractivity contribution >= 4 is 28.4 Å². The molecular weight excluding hydrogens is 326 g/mol. The number of rotatable bonds is 8. The summed E-state index contributed by atoms with van der Waals surface area (Å²) < 4.78 is 0. The van der Waals surface area contributed by atoms with Crippen molar-refractivity contribution in [2.75, 3.05) is 6.54 Å². The molecule has 1 amide bonds. The molecule has 5 nitrogen and oxygen atoms in total. The Morgan fingerprint density at radius 1 is 1.25 bits per heavy atom. The molecule has 6 heteroatoms. The number of nitrogens with one attached hydrogen (secondary N) is 1. The Morgan fingerprint density at radius 2 is 2.04 bits per heavy atom. The lowest BCUT2D eigenvalue weighted by Gasteiger charge is -2.21. The second-order valence-corrected chi connectivity index (χ2v) is 6.38. The molecule has 0 bridgehead atoms. The molecule has 0 aliphatic heterocycles. The van der Waals surface area contributed by atoms with Gasteiger partial charge in [-0.3, -0.25) is 9.59 Å². The lowest BCUT2D eigenvalue weighted by Crippen LogP contribution is -2.32. The van der Waals surface area contributed by atoms with E-state index in [0.29, 0.717) is 41.3 Å². The van der Waals surface area contributed by atoms with Crippen molar-refractivity contribution in [1.82, 2.24) is 14.9 Å². The van der Waals surface area contributed by atoms with Crippen LogP contribution in [0.1, 0.15) is 51.8 Å². The summed E-state index contributed by atoms with van der Waals surface area (Å²) >= 11 is 5.98. The molecule has 1 aromatic carbocycles. The minimum absolute atomic E-state index is 0.110. The monoisotopic (exact) mass is 349 g/mol. The number of amides is 1. The highest BCUT2D eigenvalue weighted by atomic mass is 35.5. The zero-order valence-corrected chi connectivity index (χ0v) is 15.0. The van der Waals surface area contributed by atoms with Gasteiger partial charge in [-0.05, 0) is 31.0 Å². The SMILES string of the molecule is CCCCCC(=O)N(CCC)Cc1nc2cc(Cl)ccc2c(=O)[nH]1. The Kier molecular flexibility index (Phi) is 6.79. The Balaban J connectivity index is 2.20. The fourth-order valence-corrected chi connectivity index (χ4v) is 2.83. The number of benzene rings is 1. The maximum Gasteiger partial charge on any atom is 0.258 e. The third kappa shape index (κ3) is 4.81. The van der Waals surface area contributed by atoms with E-state index in [1.807, 2.05) is 6.92 Å². The highest BCUT2D eigenvalue weighted by Gasteiger charge is 2.15. The van der Waals surface area contributed by atoms with E-state index in [2.05, 4.69) is 16.9 Å². The van der Waals surface area contributed by atoms with Crippen LogP contribution in [0.15, 0.2) is 23.0 Å². The van der Waals surface area contributed by atoms with Gasteiger partial charge in [0.05, 0.1) is 17.4 Å². The average molecular weight is 350 g/mol. The molecule has 1 heterocycles. The second-order valence-electron chi connectivity index (χ2n) is 5.95. The van der Waals surface area contributed by atoms with Crippen molar-refractivity contribution in [3.05, 3.63) is 39.4 Å². The predicted octanol–water partition coefficient (Wildman–Crippen LogP) is 3.90. The molecule has 0 radical (unpaired) electrons. The number of hydrogen-bond acceptors (Lipinski definition) is 3. The average Bonchev–Trinajstić information content (AvgIpc) is 2.54. The lowest BCUT2D eigenvalue weighted by atomic mass is 10.2. The molecule has 2 rings (SSSR count). The molecular formula is C18H24ClN3O2. The fraction of sp³-hybridized carbons (Fsp3) is 0.500. The van der Waals surface area contributed by atoms with E-state index < -0.39 is 0 Å². The zero-order valence-electron chi connectivity index (χ0n) is 14.3. The van der Waals surface area contributed by atoms with Crippen LogP contribution in [0, 0.1) is 0 Å². The fourth-order valence-electron chi connectivity index (χ4n) is 2.66.